The van der Waals surface area contributed by atoms with Gasteiger partial charge in [-0.1, -0.05) is 0 Å². The van der Waals surface area contributed by atoms with E-state index in [-0.39, 0.29) is 12.4 Å². The van der Waals surface area contributed by atoms with Gasteiger partial charge in [0, 0.05) is 26.4 Å². The first-order chi connectivity index (χ1) is 9.86. The minimum absolute atomic E-state index is 0.181. The van der Waals surface area contributed by atoms with Crippen LogP contribution in [0.3, 0.4) is 0 Å². The van der Waals surface area contributed by atoms with Crippen molar-refractivity contribution in [2.24, 2.45) is 5.14 Å². The summed E-state index contributed by atoms with van der Waals surface area (Å²) in [6.07, 6.45) is 0.776. The summed E-state index contributed by atoms with van der Waals surface area (Å²) in [7, 11) is -2.50. The lowest BCUT2D eigenvalue weighted by atomic mass is 10.3. The van der Waals surface area contributed by atoms with Crippen molar-refractivity contribution in [2.75, 3.05) is 33.5 Å². The molecule has 0 aromatic heterocycles. The maximum absolute atomic E-state index is 13.6. The molecule has 0 fully saturated rings. The summed E-state index contributed by atoms with van der Waals surface area (Å²) < 4.78 is 51.7. The van der Waals surface area contributed by atoms with Gasteiger partial charge in [0.05, 0.1) is 11.1 Å². The van der Waals surface area contributed by atoms with Crippen LogP contribution >= 0.6 is 15.9 Å². The van der Waals surface area contributed by atoms with E-state index in [1.165, 1.54) is 0 Å². The highest BCUT2D eigenvalue weighted by Gasteiger charge is 2.17. The Morgan fingerprint density at radius 2 is 1.95 bits per heavy atom. The van der Waals surface area contributed by atoms with Gasteiger partial charge in [0.2, 0.25) is 10.0 Å². The Labute approximate surface area is 131 Å². The number of benzene rings is 1. The molecule has 1 aromatic rings. The number of sulfonamides is 1. The number of halogens is 2. The van der Waals surface area contributed by atoms with Gasteiger partial charge in [-0.15, -0.1) is 0 Å². The van der Waals surface area contributed by atoms with E-state index in [0.29, 0.717) is 24.3 Å². The highest BCUT2D eigenvalue weighted by Crippen LogP contribution is 2.29. The number of hydrogen-bond donors (Lipinski definition) is 1. The number of primary sulfonamides is 1. The zero-order valence-electron chi connectivity index (χ0n) is 11.5. The molecule has 0 atom stereocenters. The van der Waals surface area contributed by atoms with Crippen LogP contribution in [0.25, 0.3) is 0 Å². The molecule has 0 aliphatic heterocycles. The Hall–Kier alpha value is -0.740. The zero-order chi connectivity index (χ0) is 15.9. The highest BCUT2D eigenvalue weighted by atomic mass is 79.9. The predicted molar refractivity (Wildman–Crippen MR) is 78.3 cm³/mol. The molecule has 0 aliphatic carbocycles. The molecule has 0 aliphatic rings. The molecule has 6 nitrogen and oxygen atoms in total. The van der Waals surface area contributed by atoms with Gasteiger partial charge in [0.15, 0.2) is 0 Å². The van der Waals surface area contributed by atoms with E-state index in [2.05, 4.69) is 15.9 Å². The summed E-state index contributed by atoms with van der Waals surface area (Å²) in [4.78, 5) is -0.586. The van der Waals surface area contributed by atoms with Gasteiger partial charge in [-0.2, -0.15) is 0 Å². The lowest BCUT2D eigenvalue weighted by Gasteiger charge is -2.10. The van der Waals surface area contributed by atoms with Crippen LogP contribution in [0.2, 0.25) is 0 Å². The first kappa shape index (κ1) is 18.3. The predicted octanol–water partition coefficient (Wildman–Crippen LogP) is 1.67. The molecule has 0 saturated heterocycles. The van der Waals surface area contributed by atoms with Crippen molar-refractivity contribution in [1.82, 2.24) is 0 Å². The summed E-state index contributed by atoms with van der Waals surface area (Å²) in [6.45, 7) is 1.69. The average Bonchev–Trinajstić information content (AvgIpc) is 2.39. The van der Waals surface area contributed by atoms with Gasteiger partial charge in [0.1, 0.15) is 23.1 Å². The molecular formula is C12H17BrFNO5S. The number of hydrogen-bond acceptors (Lipinski definition) is 5. The first-order valence-corrected chi connectivity index (χ1v) is 8.41. The molecule has 0 radical (unpaired) electrons. The van der Waals surface area contributed by atoms with Crippen LogP contribution < -0.4 is 9.88 Å². The topological polar surface area (TPSA) is 87.8 Å². The van der Waals surface area contributed by atoms with Crippen LogP contribution in [0.5, 0.6) is 5.75 Å². The van der Waals surface area contributed by atoms with E-state index in [1.807, 2.05) is 0 Å². The van der Waals surface area contributed by atoms with Crippen LogP contribution in [0.4, 0.5) is 4.39 Å². The summed E-state index contributed by atoms with van der Waals surface area (Å²) in [5.74, 6) is -0.780. The van der Waals surface area contributed by atoms with Crippen LogP contribution in [-0.2, 0) is 19.5 Å². The fraction of sp³-hybridized carbons (Fsp3) is 0.500. The minimum atomic E-state index is -4.11. The molecular weight excluding hydrogens is 369 g/mol. The first-order valence-electron chi connectivity index (χ1n) is 6.07. The van der Waals surface area contributed by atoms with Crippen molar-refractivity contribution < 1.29 is 27.0 Å². The van der Waals surface area contributed by atoms with Crippen LogP contribution in [0.1, 0.15) is 6.42 Å². The van der Waals surface area contributed by atoms with Crippen molar-refractivity contribution in [3.8, 4) is 5.75 Å². The standard InChI is InChI=1S/C12H17BrFNO5S/c1-18-3-2-4-19-5-6-20-11-8-10(14)12(7-9(11)13)21(15,16)17/h7-8H,2-6H2,1H3,(H2,15,16,17). The zero-order valence-corrected chi connectivity index (χ0v) is 13.9. The third-order valence-corrected chi connectivity index (χ3v) is 3.96. The smallest absolute Gasteiger partial charge is 0.241 e. The number of ether oxygens (including phenoxy) is 3. The minimum Gasteiger partial charge on any atom is -0.490 e. The highest BCUT2D eigenvalue weighted by molar-refractivity contribution is 9.10. The third-order valence-electron chi connectivity index (χ3n) is 2.42. The van der Waals surface area contributed by atoms with Crippen LogP contribution in [0, 0.1) is 5.82 Å². The Morgan fingerprint density at radius 1 is 1.24 bits per heavy atom. The Kier molecular flexibility index (Phi) is 7.53. The van der Waals surface area contributed by atoms with E-state index in [1.54, 1.807) is 7.11 Å². The van der Waals surface area contributed by atoms with Gasteiger partial charge >= 0.3 is 0 Å². The molecule has 120 valence electrons. The maximum Gasteiger partial charge on any atom is 0.241 e. The molecule has 1 rings (SSSR count). The van der Waals surface area contributed by atoms with Crippen LogP contribution in [0.15, 0.2) is 21.5 Å². The SMILES string of the molecule is COCCCOCCOc1cc(F)c(S(N)(=O)=O)cc1Br. The molecule has 9 heteroatoms. The fourth-order valence-corrected chi connectivity index (χ4v) is 2.68. The third kappa shape index (κ3) is 6.27. The average molecular weight is 386 g/mol. The lowest BCUT2D eigenvalue weighted by Crippen LogP contribution is -2.14. The van der Waals surface area contributed by atoms with E-state index in [0.717, 1.165) is 18.6 Å². The van der Waals surface area contributed by atoms with Gasteiger partial charge in [-0.25, -0.2) is 17.9 Å². The van der Waals surface area contributed by atoms with Crippen molar-refractivity contribution in [3.05, 3.63) is 22.4 Å². The second-order valence-electron chi connectivity index (χ2n) is 4.07. The van der Waals surface area contributed by atoms with Gasteiger partial charge in [-0.05, 0) is 28.4 Å². The number of nitrogens with two attached hydrogens (primary N) is 1. The summed E-state index contributed by atoms with van der Waals surface area (Å²) in [5, 5.41) is 4.90. The summed E-state index contributed by atoms with van der Waals surface area (Å²) >= 11 is 3.11. The van der Waals surface area contributed by atoms with E-state index < -0.39 is 20.7 Å². The van der Waals surface area contributed by atoms with Crippen molar-refractivity contribution in [2.45, 2.75) is 11.3 Å². The second kappa shape index (κ2) is 8.64. The van der Waals surface area contributed by atoms with Crippen molar-refractivity contribution in [1.29, 1.82) is 0 Å². The fourth-order valence-electron chi connectivity index (χ4n) is 1.46. The molecule has 0 bridgehead atoms. The molecule has 1 aromatic carbocycles. The number of rotatable bonds is 9. The van der Waals surface area contributed by atoms with Crippen molar-refractivity contribution >= 4 is 26.0 Å². The molecule has 0 unspecified atom stereocenters. The molecule has 0 amide bonds. The Balaban J connectivity index is 2.52. The van der Waals surface area contributed by atoms with E-state index in [4.69, 9.17) is 19.3 Å². The molecule has 0 saturated carbocycles. The monoisotopic (exact) mass is 385 g/mol. The summed E-state index contributed by atoms with van der Waals surface area (Å²) in [5.41, 5.74) is 0. The number of methoxy groups -OCH3 is 1. The van der Waals surface area contributed by atoms with Crippen molar-refractivity contribution in [3.63, 3.8) is 0 Å². The van der Waals surface area contributed by atoms with E-state index >= 15 is 0 Å². The van der Waals surface area contributed by atoms with Gasteiger partial charge in [-0.3, -0.25) is 0 Å². The largest absolute Gasteiger partial charge is 0.490 e. The Morgan fingerprint density at radius 3 is 2.57 bits per heavy atom. The molecule has 0 heterocycles. The maximum atomic E-state index is 13.6. The molecule has 2 N–H and O–H groups in total. The lowest BCUT2D eigenvalue weighted by molar-refractivity contribution is 0.0803. The van der Waals surface area contributed by atoms with Gasteiger partial charge < -0.3 is 14.2 Å². The quantitative estimate of drug-likeness (QED) is 0.653. The van der Waals surface area contributed by atoms with E-state index in [9.17, 15) is 12.8 Å². The Bertz CT molecular complexity index is 567. The van der Waals surface area contributed by atoms with Gasteiger partial charge in [0.25, 0.3) is 0 Å². The molecule has 21 heavy (non-hydrogen) atoms. The second-order valence-corrected chi connectivity index (χ2v) is 6.45. The normalized spacial score (nSPS) is 11.6. The molecule has 0 spiro atoms. The summed E-state index contributed by atoms with van der Waals surface area (Å²) in [6, 6.07) is 2.04. The van der Waals surface area contributed by atoms with Crippen LogP contribution in [-0.4, -0.2) is 42.0 Å².